The second kappa shape index (κ2) is 6.23. The zero-order valence-electron chi connectivity index (χ0n) is 7.93. The van der Waals surface area contributed by atoms with Gasteiger partial charge in [-0.1, -0.05) is 4.33 Å². The SMILES string of the molecule is CSCCC(N)C(=O)OOS(C)(=O)=O. The number of hydrogen-bond donors (Lipinski definition) is 1. The molecule has 0 amide bonds. The average Bonchev–Trinajstić information content (AvgIpc) is 2.09. The molecule has 0 aliphatic heterocycles. The second-order valence-corrected chi connectivity index (χ2v) is 5.09. The van der Waals surface area contributed by atoms with Crippen LogP contribution in [-0.2, 0) is 24.1 Å². The monoisotopic (exact) mass is 243 g/mol. The molecule has 8 heteroatoms. The Balaban J connectivity index is 3.84. The molecule has 0 saturated carbocycles. The third-order valence-electron chi connectivity index (χ3n) is 1.18. The first kappa shape index (κ1) is 13.7. The van der Waals surface area contributed by atoms with Gasteiger partial charge in [0.05, 0.1) is 6.26 Å². The largest absolute Gasteiger partial charge is 0.360 e. The average molecular weight is 243 g/mol. The van der Waals surface area contributed by atoms with Crippen LogP contribution < -0.4 is 5.73 Å². The maximum atomic E-state index is 10.9. The summed E-state index contributed by atoms with van der Waals surface area (Å²) in [7, 11) is -3.78. The number of nitrogens with two attached hydrogens (primary N) is 1. The predicted molar refractivity (Wildman–Crippen MR) is 53.0 cm³/mol. The minimum atomic E-state index is -3.78. The van der Waals surface area contributed by atoms with Crippen LogP contribution in [0.3, 0.4) is 0 Å². The summed E-state index contributed by atoms with van der Waals surface area (Å²) >= 11 is 1.52. The Bertz CT molecular complexity index is 276. The first-order valence-electron chi connectivity index (χ1n) is 3.71. The molecule has 0 spiro atoms. The highest BCUT2D eigenvalue weighted by Crippen LogP contribution is 2.01. The zero-order valence-corrected chi connectivity index (χ0v) is 9.56. The first-order valence-corrected chi connectivity index (χ1v) is 6.92. The second-order valence-electron chi connectivity index (χ2n) is 2.56. The summed E-state index contributed by atoms with van der Waals surface area (Å²) in [5.74, 6) is -0.195. The summed E-state index contributed by atoms with van der Waals surface area (Å²) in [5, 5.41) is 0. The molecule has 0 aliphatic carbocycles. The Hall–Kier alpha value is -0.310. The van der Waals surface area contributed by atoms with E-state index in [2.05, 4.69) is 9.22 Å². The van der Waals surface area contributed by atoms with E-state index in [0.717, 1.165) is 6.26 Å². The van der Waals surface area contributed by atoms with E-state index in [9.17, 15) is 13.2 Å². The molecule has 14 heavy (non-hydrogen) atoms. The molecule has 0 fully saturated rings. The van der Waals surface area contributed by atoms with Gasteiger partial charge >= 0.3 is 5.97 Å². The van der Waals surface area contributed by atoms with Crippen molar-refractivity contribution in [3.63, 3.8) is 0 Å². The van der Waals surface area contributed by atoms with Crippen LogP contribution in [0.4, 0.5) is 0 Å². The molecule has 84 valence electrons. The van der Waals surface area contributed by atoms with E-state index in [4.69, 9.17) is 5.73 Å². The number of thioether (sulfide) groups is 1. The van der Waals surface area contributed by atoms with Gasteiger partial charge in [-0.25, -0.2) is 4.79 Å². The van der Waals surface area contributed by atoms with Crippen LogP contribution >= 0.6 is 11.8 Å². The van der Waals surface area contributed by atoms with E-state index in [1.165, 1.54) is 11.8 Å². The van der Waals surface area contributed by atoms with Crippen molar-refractivity contribution in [3.8, 4) is 0 Å². The van der Waals surface area contributed by atoms with Crippen molar-refractivity contribution in [3.05, 3.63) is 0 Å². The fourth-order valence-corrected chi connectivity index (χ4v) is 1.20. The van der Waals surface area contributed by atoms with Gasteiger partial charge in [0, 0.05) is 0 Å². The molecule has 0 aromatic heterocycles. The topological polar surface area (TPSA) is 95.7 Å². The normalized spacial score (nSPS) is 13.6. The van der Waals surface area contributed by atoms with Crippen LogP contribution in [0.15, 0.2) is 0 Å². The molecule has 0 rings (SSSR count). The summed E-state index contributed by atoms with van der Waals surface area (Å²) < 4.78 is 24.7. The standard InChI is InChI=1S/C6H13NO5S2/c1-13-4-3-5(7)6(8)11-12-14(2,9)10/h5H,3-4,7H2,1-2H3. The van der Waals surface area contributed by atoms with Gasteiger partial charge in [0.1, 0.15) is 6.04 Å². The molecule has 0 bridgehead atoms. The molecule has 0 aromatic carbocycles. The highest BCUT2D eigenvalue weighted by Gasteiger charge is 2.17. The van der Waals surface area contributed by atoms with E-state index in [1.807, 2.05) is 6.26 Å². The molecule has 0 radical (unpaired) electrons. The minimum absolute atomic E-state index is 0.410. The van der Waals surface area contributed by atoms with Crippen molar-refractivity contribution in [2.45, 2.75) is 12.5 Å². The van der Waals surface area contributed by atoms with Crippen LogP contribution in [0.5, 0.6) is 0 Å². The molecule has 2 N–H and O–H groups in total. The van der Waals surface area contributed by atoms with E-state index in [0.29, 0.717) is 12.2 Å². The minimum Gasteiger partial charge on any atom is -0.318 e. The Labute approximate surface area is 87.2 Å². The molecule has 0 heterocycles. The molecular formula is C6H13NO5S2. The highest BCUT2D eigenvalue weighted by atomic mass is 32.2. The highest BCUT2D eigenvalue weighted by molar-refractivity contribution is 7.98. The van der Waals surface area contributed by atoms with Crippen molar-refractivity contribution in [2.75, 3.05) is 18.3 Å². The van der Waals surface area contributed by atoms with Gasteiger partial charge < -0.3 is 5.73 Å². The molecule has 0 aromatic rings. The van der Waals surface area contributed by atoms with Crippen LogP contribution in [0.1, 0.15) is 6.42 Å². The number of rotatable bonds is 6. The fourth-order valence-electron chi connectivity index (χ4n) is 0.520. The molecule has 1 unspecified atom stereocenters. The molecule has 0 aliphatic rings. The van der Waals surface area contributed by atoms with E-state index in [-0.39, 0.29) is 0 Å². The van der Waals surface area contributed by atoms with Crippen LogP contribution in [0.2, 0.25) is 0 Å². The predicted octanol–water partition coefficient (Wildman–Crippen LogP) is -0.499. The molecular weight excluding hydrogens is 230 g/mol. The Kier molecular flexibility index (Phi) is 6.09. The van der Waals surface area contributed by atoms with Crippen LogP contribution in [0, 0.1) is 0 Å². The van der Waals surface area contributed by atoms with Gasteiger partial charge in [-0.2, -0.15) is 20.2 Å². The van der Waals surface area contributed by atoms with Gasteiger partial charge in [-0.05, 0) is 18.4 Å². The van der Waals surface area contributed by atoms with Gasteiger partial charge in [0.2, 0.25) is 0 Å². The summed E-state index contributed by atoms with van der Waals surface area (Å²) in [5.41, 5.74) is 5.37. The Morgan fingerprint density at radius 3 is 2.57 bits per heavy atom. The lowest BCUT2D eigenvalue weighted by Gasteiger charge is -2.07. The zero-order chi connectivity index (χ0) is 11.2. The summed E-state index contributed by atoms with van der Waals surface area (Å²) in [6.45, 7) is 0. The number of hydrogen-bond acceptors (Lipinski definition) is 7. The van der Waals surface area contributed by atoms with Crippen molar-refractivity contribution >= 4 is 27.8 Å². The maximum absolute atomic E-state index is 10.9. The maximum Gasteiger partial charge on any atom is 0.360 e. The van der Waals surface area contributed by atoms with Gasteiger partial charge in [-0.15, -0.1) is 0 Å². The van der Waals surface area contributed by atoms with E-state index in [1.54, 1.807) is 0 Å². The lowest BCUT2D eigenvalue weighted by Crippen LogP contribution is -2.33. The fraction of sp³-hybridized carbons (Fsp3) is 0.833. The third-order valence-corrected chi connectivity index (χ3v) is 2.13. The smallest absolute Gasteiger partial charge is 0.318 e. The van der Waals surface area contributed by atoms with Crippen molar-refractivity contribution in [2.24, 2.45) is 5.73 Å². The van der Waals surface area contributed by atoms with Gasteiger partial charge in [0.25, 0.3) is 10.1 Å². The van der Waals surface area contributed by atoms with E-state index >= 15 is 0 Å². The third kappa shape index (κ3) is 7.13. The lowest BCUT2D eigenvalue weighted by molar-refractivity contribution is -0.212. The number of carbonyl (C=O) groups excluding carboxylic acids is 1. The van der Waals surface area contributed by atoms with Crippen LogP contribution in [-0.4, -0.2) is 38.7 Å². The van der Waals surface area contributed by atoms with Crippen molar-refractivity contribution in [1.29, 1.82) is 0 Å². The van der Waals surface area contributed by atoms with E-state index < -0.39 is 22.1 Å². The van der Waals surface area contributed by atoms with Crippen LogP contribution in [0.25, 0.3) is 0 Å². The summed E-state index contributed by atoms with van der Waals surface area (Å²) in [6.07, 6.45) is 3.05. The Morgan fingerprint density at radius 2 is 2.14 bits per heavy atom. The summed E-state index contributed by atoms with van der Waals surface area (Å²) in [6, 6.07) is -0.857. The van der Waals surface area contributed by atoms with Crippen molar-refractivity contribution < 1.29 is 22.4 Å². The van der Waals surface area contributed by atoms with Gasteiger partial charge in [0.15, 0.2) is 0 Å². The quantitative estimate of drug-likeness (QED) is 0.496. The molecule has 6 nitrogen and oxygen atoms in total. The number of carbonyl (C=O) groups is 1. The van der Waals surface area contributed by atoms with Crippen molar-refractivity contribution in [1.82, 2.24) is 0 Å². The van der Waals surface area contributed by atoms with Gasteiger partial charge in [-0.3, -0.25) is 4.89 Å². The summed E-state index contributed by atoms with van der Waals surface area (Å²) in [4.78, 5) is 15.0. The molecule has 0 saturated heterocycles. The molecule has 1 atom stereocenters. The lowest BCUT2D eigenvalue weighted by atomic mass is 10.2. The Morgan fingerprint density at radius 1 is 1.57 bits per heavy atom. The first-order chi connectivity index (χ1) is 6.37.